The zero-order chi connectivity index (χ0) is 12.7. The molecule has 0 aliphatic carbocycles. The molecule has 0 unspecified atom stereocenters. The number of benzene rings is 2. The number of hydrogen-bond acceptors (Lipinski definition) is 1. The SMILES string of the molecule is Cc1ccc(-c2nc3c(C)cccc3[nH]2)c(Br)c1. The van der Waals surface area contributed by atoms with E-state index in [0.29, 0.717) is 0 Å². The Morgan fingerprint density at radius 1 is 1.11 bits per heavy atom. The molecule has 0 saturated heterocycles. The summed E-state index contributed by atoms with van der Waals surface area (Å²) >= 11 is 3.60. The molecule has 2 aromatic carbocycles. The first-order valence-electron chi connectivity index (χ1n) is 5.87. The summed E-state index contributed by atoms with van der Waals surface area (Å²) in [5.41, 5.74) is 5.64. The first kappa shape index (κ1) is 11.5. The largest absolute Gasteiger partial charge is 0.338 e. The van der Waals surface area contributed by atoms with E-state index in [0.717, 1.165) is 26.9 Å². The molecule has 3 rings (SSSR count). The molecule has 0 aliphatic rings. The number of fused-ring (bicyclic) bond motifs is 1. The zero-order valence-electron chi connectivity index (χ0n) is 10.3. The van der Waals surface area contributed by atoms with Gasteiger partial charge in [0.15, 0.2) is 0 Å². The number of aryl methyl sites for hydroxylation is 2. The molecule has 3 heteroatoms. The predicted octanol–water partition coefficient (Wildman–Crippen LogP) is 4.61. The summed E-state index contributed by atoms with van der Waals surface area (Å²) in [6.45, 7) is 4.16. The second-order valence-corrected chi connectivity index (χ2v) is 5.39. The number of H-pyrrole nitrogens is 1. The van der Waals surface area contributed by atoms with Gasteiger partial charge < -0.3 is 4.98 Å². The van der Waals surface area contributed by atoms with Crippen molar-refractivity contribution in [1.29, 1.82) is 0 Å². The molecule has 1 aromatic heterocycles. The topological polar surface area (TPSA) is 28.7 Å². The Balaban J connectivity index is 2.23. The molecule has 0 saturated carbocycles. The third-order valence-corrected chi connectivity index (χ3v) is 3.75. The van der Waals surface area contributed by atoms with E-state index in [1.54, 1.807) is 0 Å². The second kappa shape index (κ2) is 4.25. The molecule has 0 radical (unpaired) electrons. The summed E-state index contributed by atoms with van der Waals surface area (Å²) in [5.74, 6) is 0.908. The van der Waals surface area contributed by atoms with E-state index in [1.807, 2.05) is 6.07 Å². The standard InChI is InChI=1S/C15H13BrN2/c1-9-6-7-11(12(16)8-9)15-17-13-5-3-4-10(2)14(13)18-15/h3-8H,1-2H3,(H,17,18). The summed E-state index contributed by atoms with van der Waals surface area (Å²) in [7, 11) is 0. The van der Waals surface area contributed by atoms with Gasteiger partial charge in [-0.3, -0.25) is 0 Å². The zero-order valence-corrected chi connectivity index (χ0v) is 11.9. The maximum atomic E-state index is 4.69. The molecule has 3 aromatic rings. The molecule has 0 amide bonds. The van der Waals surface area contributed by atoms with E-state index < -0.39 is 0 Å². The second-order valence-electron chi connectivity index (χ2n) is 4.54. The van der Waals surface area contributed by atoms with Crippen molar-refractivity contribution >= 4 is 27.0 Å². The first-order valence-corrected chi connectivity index (χ1v) is 6.66. The Labute approximate surface area is 114 Å². The Morgan fingerprint density at radius 3 is 2.67 bits per heavy atom. The van der Waals surface area contributed by atoms with Gasteiger partial charge in [-0.25, -0.2) is 4.98 Å². The summed E-state index contributed by atoms with van der Waals surface area (Å²) < 4.78 is 1.07. The Kier molecular flexibility index (Phi) is 2.71. The fraction of sp³-hybridized carbons (Fsp3) is 0.133. The highest BCUT2D eigenvalue weighted by molar-refractivity contribution is 9.10. The highest BCUT2D eigenvalue weighted by atomic mass is 79.9. The fourth-order valence-corrected chi connectivity index (χ4v) is 2.80. The van der Waals surface area contributed by atoms with Crippen LogP contribution in [0.3, 0.4) is 0 Å². The minimum Gasteiger partial charge on any atom is -0.338 e. The van der Waals surface area contributed by atoms with E-state index in [2.05, 4.69) is 70.1 Å². The Bertz CT molecular complexity index is 728. The van der Waals surface area contributed by atoms with Gasteiger partial charge in [0.2, 0.25) is 0 Å². The lowest BCUT2D eigenvalue weighted by molar-refractivity contribution is 1.31. The van der Waals surface area contributed by atoms with Crippen molar-refractivity contribution in [3.8, 4) is 11.4 Å². The van der Waals surface area contributed by atoms with Gasteiger partial charge in [-0.05, 0) is 43.2 Å². The lowest BCUT2D eigenvalue weighted by Crippen LogP contribution is -1.83. The Hall–Kier alpha value is -1.61. The van der Waals surface area contributed by atoms with Crippen LogP contribution in [-0.4, -0.2) is 9.97 Å². The van der Waals surface area contributed by atoms with Crippen LogP contribution in [0.4, 0.5) is 0 Å². The molecule has 0 spiro atoms. The van der Waals surface area contributed by atoms with Crippen LogP contribution in [0.25, 0.3) is 22.4 Å². The third kappa shape index (κ3) is 1.85. The van der Waals surface area contributed by atoms with Crippen molar-refractivity contribution in [3.63, 3.8) is 0 Å². The summed E-state index contributed by atoms with van der Waals surface area (Å²) in [6, 6.07) is 12.5. The van der Waals surface area contributed by atoms with E-state index in [9.17, 15) is 0 Å². The normalized spacial score (nSPS) is 11.1. The quantitative estimate of drug-likeness (QED) is 0.698. The number of aromatic nitrogens is 2. The number of nitrogens with zero attached hydrogens (tertiary/aromatic N) is 1. The lowest BCUT2D eigenvalue weighted by Gasteiger charge is -2.01. The van der Waals surface area contributed by atoms with Crippen molar-refractivity contribution in [2.45, 2.75) is 13.8 Å². The minimum atomic E-state index is 0.908. The highest BCUT2D eigenvalue weighted by Gasteiger charge is 2.09. The van der Waals surface area contributed by atoms with Gasteiger partial charge >= 0.3 is 0 Å². The number of para-hydroxylation sites is 1. The predicted molar refractivity (Wildman–Crippen MR) is 78.7 cm³/mol. The van der Waals surface area contributed by atoms with E-state index >= 15 is 0 Å². The maximum absolute atomic E-state index is 4.69. The van der Waals surface area contributed by atoms with Crippen LogP contribution in [-0.2, 0) is 0 Å². The highest BCUT2D eigenvalue weighted by Crippen LogP contribution is 2.29. The molecule has 18 heavy (non-hydrogen) atoms. The third-order valence-electron chi connectivity index (χ3n) is 3.09. The minimum absolute atomic E-state index is 0.908. The van der Waals surface area contributed by atoms with Crippen molar-refractivity contribution < 1.29 is 0 Å². The monoisotopic (exact) mass is 300 g/mol. The average Bonchev–Trinajstić information content (AvgIpc) is 2.74. The van der Waals surface area contributed by atoms with Crippen LogP contribution < -0.4 is 0 Å². The van der Waals surface area contributed by atoms with Gasteiger partial charge in [0, 0.05) is 10.0 Å². The number of aromatic amines is 1. The molecule has 0 aliphatic heterocycles. The summed E-state index contributed by atoms with van der Waals surface area (Å²) in [6.07, 6.45) is 0. The molecule has 0 atom stereocenters. The van der Waals surface area contributed by atoms with Crippen LogP contribution in [0.15, 0.2) is 40.9 Å². The molecule has 90 valence electrons. The molecule has 1 N–H and O–H groups in total. The molecular formula is C15H13BrN2. The van der Waals surface area contributed by atoms with Gasteiger partial charge in [-0.2, -0.15) is 0 Å². The van der Waals surface area contributed by atoms with E-state index in [4.69, 9.17) is 0 Å². The van der Waals surface area contributed by atoms with Gasteiger partial charge in [0.25, 0.3) is 0 Å². The van der Waals surface area contributed by atoms with E-state index in [1.165, 1.54) is 11.1 Å². The fourth-order valence-electron chi connectivity index (χ4n) is 2.12. The number of halogens is 1. The maximum Gasteiger partial charge on any atom is 0.139 e. The van der Waals surface area contributed by atoms with Gasteiger partial charge in [0.1, 0.15) is 5.82 Å². The van der Waals surface area contributed by atoms with E-state index in [-0.39, 0.29) is 0 Å². The smallest absolute Gasteiger partial charge is 0.139 e. The van der Waals surface area contributed by atoms with Crippen LogP contribution in [0, 0.1) is 13.8 Å². The number of imidazole rings is 1. The number of hydrogen-bond donors (Lipinski definition) is 1. The lowest BCUT2D eigenvalue weighted by atomic mass is 10.1. The van der Waals surface area contributed by atoms with Gasteiger partial charge in [-0.1, -0.05) is 34.1 Å². The van der Waals surface area contributed by atoms with Crippen LogP contribution in [0.1, 0.15) is 11.1 Å². The van der Waals surface area contributed by atoms with Gasteiger partial charge in [-0.15, -0.1) is 0 Å². The summed E-state index contributed by atoms with van der Waals surface area (Å²) in [5, 5.41) is 0. The molecule has 1 heterocycles. The van der Waals surface area contributed by atoms with Gasteiger partial charge in [0.05, 0.1) is 11.0 Å². The van der Waals surface area contributed by atoms with Crippen LogP contribution in [0.2, 0.25) is 0 Å². The first-order chi connectivity index (χ1) is 8.65. The average molecular weight is 301 g/mol. The molecule has 0 fully saturated rings. The number of nitrogens with one attached hydrogen (secondary N) is 1. The molecular weight excluding hydrogens is 288 g/mol. The van der Waals surface area contributed by atoms with Crippen molar-refractivity contribution in [1.82, 2.24) is 9.97 Å². The van der Waals surface area contributed by atoms with Crippen molar-refractivity contribution in [2.24, 2.45) is 0 Å². The van der Waals surface area contributed by atoms with Crippen LogP contribution >= 0.6 is 15.9 Å². The molecule has 0 bridgehead atoms. The number of rotatable bonds is 1. The molecule has 2 nitrogen and oxygen atoms in total. The van der Waals surface area contributed by atoms with Crippen LogP contribution in [0.5, 0.6) is 0 Å². The summed E-state index contributed by atoms with van der Waals surface area (Å²) in [4.78, 5) is 8.06. The van der Waals surface area contributed by atoms with Crippen molar-refractivity contribution in [2.75, 3.05) is 0 Å². The Morgan fingerprint density at radius 2 is 1.94 bits per heavy atom. The van der Waals surface area contributed by atoms with Crippen molar-refractivity contribution in [3.05, 3.63) is 52.0 Å².